The van der Waals surface area contributed by atoms with Crippen LogP contribution < -0.4 is 5.48 Å². The van der Waals surface area contributed by atoms with E-state index in [1.807, 2.05) is 0 Å². The Bertz CT molecular complexity index is 213. The highest BCUT2D eigenvalue weighted by Crippen LogP contribution is 1.90. The van der Waals surface area contributed by atoms with Gasteiger partial charge in [-0.25, -0.2) is 9.59 Å². The van der Waals surface area contributed by atoms with Gasteiger partial charge in [-0.3, -0.25) is 0 Å². The molecular formula is C7H11NO5. The first kappa shape index (κ1) is 11.4. The highest BCUT2D eigenvalue weighted by Gasteiger charge is 2.09. The number of aliphatic hydroxyl groups excluding tert-OH is 1. The number of ether oxygens (including phenoxy) is 1. The van der Waals surface area contributed by atoms with Crippen LogP contribution >= 0.6 is 0 Å². The van der Waals surface area contributed by atoms with E-state index in [0.29, 0.717) is 0 Å². The van der Waals surface area contributed by atoms with Crippen LogP contribution in [0, 0.1) is 0 Å². The van der Waals surface area contributed by atoms with Crippen LogP contribution in [-0.4, -0.2) is 30.4 Å². The molecule has 0 rings (SSSR count). The lowest BCUT2D eigenvalue weighted by atomic mass is 10.3. The largest absolute Gasteiger partial charge is 0.448 e. The first-order valence-corrected chi connectivity index (χ1v) is 3.54. The molecule has 0 atom stereocenters. The van der Waals surface area contributed by atoms with E-state index in [2.05, 4.69) is 16.2 Å². The van der Waals surface area contributed by atoms with E-state index in [1.54, 1.807) is 12.4 Å². The normalized spacial score (nSPS) is 8.77. The second kappa shape index (κ2) is 6.01. The molecule has 0 saturated carbocycles. The molecule has 0 aromatic carbocycles. The predicted octanol–water partition coefficient (Wildman–Crippen LogP) is -0.261. The second-order valence-corrected chi connectivity index (χ2v) is 1.97. The predicted molar refractivity (Wildman–Crippen MR) is 42.5 cm³/mol. The molecule has 0 bridgehead atoms. The Hall–Kier alpha value is -1.56. The monoisotopic (exact) mass is 189 g/mol. The standard InChI is InChI=1S/C7H11NO5/c1-3-12-7(11)8-13-6(10)5(2)4-9/h9H,2-4H2,1H3,(H,8,11). The van der Waals surface area contributed by atoms with Crippen LogP contribution in [0.25, 0.3) is 0 Å². The van der Waals surface area contributed by atoms with Crippen molar-refractivity contribution in [1.29, 1.82) is 0 Å². The first-order chi connectivity index (χ1) is 6.11. The van der Waals surface area contributed by atoms with Crippen molar-refractivity contribution in [3.63, 3.8) is 0 Å². The number of amides is 1. The van der Waals surface area contributed by atoms with E-state index >= 15 is 0 Å². The van der Waals surface area contributed by atoms with E-state index < -0.39 is 18.7 Å². The van der Waals surface area contributed by atoms with Gasteiger partial charge in [-0.15, -0.1) is 5.48 Å². The van der Waals surface area contributed by atoms with Gasteiger partial charge < -0.3 is 14.7 Å². The fourth-order valence-electron chi connectivity index (χ4n) is 0.385. The summed E-state index contributed by atoms with van der Waals surface area (Å²) in [5.74, 6) is -0.907. The number of nitrogens with one attached hydrogen (secondary N) is 1. The fraction of sp³-hybridized carbons (Fsp3) is 0.429. The van der Waals surface area contributed by atoms with Crippen molar-refractivity contribution < 1.29 is 24.3 Å². The molecule has 0 heterocycles. The molecule has 0 spiro atoms. The van der Waals surface area contributed by atoms with Crippen LogP contribution in [0.5, 0.6) is 0 Å². The molecule has 0 radical (unpaired) electrons. The minimum absolute atomic E-state index is 0.156. The van der Waals surface area contributed by atoms with Gasteiger partial charge in [-0.05, 0) is 6.92 Å². The Morgan fingerprint density at radius 2 is 2.15 bits per heavy atom. The minimum Gasteiger partial charge on any atom is -0.448 e. The Balaban J connectivity index is 3.70. The molecule has 0 unspecified atom stereocenters. The van der Waals surface area contributed by atoms with E-state index in [9.17, 15) is 9.59 Å². The SMILES string of the molecule is C=C(CO)C(=O)ONC(=O)OCC. The molecule has 1 amide bonds. The molecule has 0 aromatic rings. The zero-order chi connectivity index (χ0) is 10.3. The summed E-state index contributed by atoms with van der Waals surface area (Å²) in [4.78, 5) is 25.5. The molecular weight excluding hydrogens is 178 g/mol. The van der Waals surface area contributed by atoms with Gasteiger partial charge in [-0.2, -0.15) is 0 Å². The zero-order valence-electron chi connectivity index (χ0n) is 7.20. The van der Waals surface area contributed by atoms with E-state index in [-0.39, 0.29) is 12.2 Å². The molecule has 0 aromatic heterocycles. The molecule has 0 saturated heterocycles. The summed E-state index contributed by atoms with van der Waals surface area (Å²) in [5.41, 5.74) is 1.56. The third kappa shape index (κ3) is 4.81. The average Bonchev–Trinajstić information content (AvgIpc) is 2.13. The summed E-state index contributed by atoms with van der Waals surface area (Å²) in [5, 5.41) is 8.43. The Morgan fingerprint density at radius 3 is 2.62 bits per heavy atom. The molecule has 0 fully saturated rings. The van der Waals surface area contributed by atoms with E-state index in [4.69, 9.17) is 5.11 Å². The summed E-state index contributed by atoms with van der Waals surface area (Å²) in [6.45, 7) is 4.43. The molecule has 0 aliphatic rings. The van der Waals surface area contributed by atoms with Crippen molar-refractivity contribution >= 4 is 12.1 Å². The van der Waals surface area contributed by atoms with Gasteiger partial charge in [-0.1, -0.05) is 6.58 Å². The van der Waals surface area contributed by atoms with Gasteiger partial charge in [0.2, 0.25) is 0 Å². The number of hydrogen-bond acceptors (Lipinski definition) is 5. The number of carbonyl (C=O) groups is 2. The fourth-order valence-corrected chi connectivity index (χ4v) is 0.385. The van der Waals surface area contributed by atoms with Crippen molar-refractivity contribution in [2.45, 2.75) is 6.92 Å². The summed E-state index contributed by atoms with van der Waals surface area (Å²) in [7, 11) is 0. The molecule has 6 heteroatoms. The highest BCUT2D eigenvalue weighted by atomic mass is 16.7. The van der Waals surface area contributed by atoms with Crippen molar-refractivity contribution in [2.24, 2.45) is 0 Å². The molecule has 6 nitrogen and oxygen atoms in total. The number of hydrogen-bond donors (Lipinski definition) is 2. The van der Waals surface area contributed by atoms with Crippen molar-refractivity contribution in [3.8, 4) is 0 Å². The van der Waals surface area contributed by atoms with Crippen LogP contribution in [0.15, 0.2) is 12.2 Å². The zero-order valence-corrected chi connectivity index (χ0v) is 7.20. The third-order valence-electron chi connectivity index (χ3n) is 0.982. The quantitative estimate of drug-likeness (QED) is 0.472. The van der Waals surface area contributed by atoms with Crippen LogP contribution in [0.3, 0.4) is 0 Å². The smallest absolute Gasteiger partial charge is 0.440 e. The Kier molecular flexibility index (Phi) is 5.29. The summed E-state index contributed by atoms with van der Waals surface area (Å²) in [6, 6.07) is 0. The van der Waals surface area contributed by atoms with Crippen LogP contribution in [-0.2, 0) is 14.4 Å². The lowest BCUT2D eigenvalue weighted by Gasteiger charge is -2.05. The number of aliphatic hydroxyl groups is 1. The second-order valence-electron chi connectivity index (χ2n) is 1.97. The van der Waals surface area contributed by atoms with E-state index in [1.165, 1.54) is 0 Å². The molecule has 0 aliphatic heterocycles. The van der Waals surface area contributed by atoms with Crippen molar-refractivity contribution in [3.05, 3.63) is 12.2 Å². The average molecular weight is 189 g/mol. The summed E-state index contributed by atoms with van der Waals surface area (Å²) in [6.07, 6.45) is -0.874. The third-order valence-corrected chi connectivity index (χ3v) is 0.982. The molecule has 74 valence electrons. The number of carbonyl (C=O) groups excluding carboxylic acids is 2. The van der Waals surface area contributed by atoms with Crippen molar-refractivity contribution in [2.75, 3.05) is 13.2 Å². The number of hydroxylamine groups is 1. The topological polar surface area (TPSA) is 84.9 Å². The highest BCUT2D eigenvalue weighted by molar-refractivity contribution is 5.88. The van der Waals surface area contributed by atoms with Gasteiger partial charge in [0.15, 0.2) is 0 Å². The van der Waals surface area contributed by atoms with Gasteiger partial charge in [0, 0.05) is 0 Å². The minimum atomic E-state index is -0.907. The molecule has 13 heavy (non-hydrogen) atoms. The lowest BCUT2D eigenvalue weighted by molar-refractivity contribution is -0.145. The molecule has 2 N–H and O–H groups in total. The summed E-state index contributed by atoms with van der Waals surface area (Å²) >= 11 is 0. The molecule has 0 aliphatic carbocycles. The van der Waals surface area contributed by atoms with Crippen molar-refractivity contribution in [1.82, 2.24) is 5.48 Å². The van der Waals surface area contributed by atoms with Gasteiger partial charge >= 0.3 is 12.1 Å². The maximum atomic E-state index is 10.7. The maximum Gasteiger partial charge on any atom is 0.440 e. The lowest BCUT2D eigenvalue weighted by Crippen LogP contribution is -2.28. The maximum absolute atomic E-state index is 10.7. The van der Waals surface area contributed by atoms with Crippen LogP contribution in [0.1, 0.15) is 6.92 Å². The first-order valence-electron chi connectivity index (χ1n) is 3.54. The van der Waals surface area contributed by atoms with Crippen LogP contribution in [0.2, 0.25) is 0 Å². The van der Waals surface area contributed by atoms with E-state index in [0.717, 1.165) is 0 Å². The number of rotatable bonds is 3. The Morgan fingerprint density at radius 1 is 1.54 bits per heavy atom. The van der Waals surface area contributed by atoms with Gasteiger partial charge in [0.25, 0.3) is 0 Å². The van der Waals surface area contributed by atoms with Gasteiger partial charge in [0.1, 0.15) is 0 Å². The Labute approximate surface area is 75.1 Å². The van der Waals surface area contributed by atoms with Crippen LogP contribution in [0.4, 0.5) is 4.79 Å². The summed E-state index contributed by atoms with van der Waals surface area (Å²) < 4.78 is 4.39. The van der Waals surface area contributed by atoms with Gasteiger partial charge in [0.05, 0.1) is 18.8 Å².